The van der Waals surface area contributed by atoms with Crippen molar-refractivity contribution in [2.45, 2.75) is 38.6 Å². The third-order valence-corrected chi connectivity index (χ3v) is 3.73. The molecular formula is C10H20N2S. The molecule has 0 amide bonds. The number of thioether (sulfide) groups is 1. The molecule has 0 spiro atoms. The van der Waals surface area contributed by atoms with Crippen LogP contribution >= 0.6 is 11.8 Å². The first kappa shape index (κ1) is 11.1. The Morgan fingerprint density at radius 1 is 1.38 bits per heavy atom. The summed E-state index contributed by atoms with van der Waals surface area (Å²) in [5.41, 5.74) is 5.87. The number of hydrogen-bond donors (Lipinski definition) is 1. The predicted octanol–water partition coefficient (Wildman–Crippen LogP) is 2.29. The average molecular weight is 200 g/mol. The Bertz CT molecular complexity index is 172. The minimum atomic E-state index is 0.445. The van der Waals surface area contributed by atoms with Crippen molar-refractivity contribution >= 4 is 16.8 Å². The SMILES string of the molecule is CCS/C(=N\C)C1CCC(N)CC1. The zero-order valence-corrected chi connectivity index (χ0v) is 9.44. The Morgan fingerprint density at radius 3 is 2.46 bits per heavy atom. The van der Waals surface area contributed by atoms with Gasteiger partial charge in [0.2, 0.25) is 0 Å². The van der Waals surface area contributed by atoms with Crippen LogP contribution in [0, 0.1) is 5.92 Å². The summed E-state index contributed by atoms with van der Waals surface area (Å²) in [6.45, 7) is 2.18. The van der Waals surface area contributed by atoms with Crippen molar-refractivity contribution in [2.75, 3.05) is 12.8 Å². The van der Waals surface area contributed by atoms with E-state index in [1.807, 2.05) is 18.8 Å². The molecule has 0 radical (unpaired) electrons. The van der Waals surface area contributed by atoms with Gasteiger partial charge in [-0.1, -0.05) is 6.92 Å². The van der Waals surface area contributed by atoms with Crippen LogP contribution in [0.3, 0.4) is 0 Å². The number of hydrogen-bond acceptors (Lipinski definition) is 3. The van der Waals surface area contributed by atoms with Crippen molar-refractivity contribution in [3.05, 3.63) is 0 Å². The lowest BCUT2D eigenvalue weighted by atomic mass is 9.87. The van der Waals surface area contributed by atoms with Crippen molar-refractivity contribution in [3.8, 4) is 0 Å². The van der Waals surface area contributed by atoms with Gasteiger partial charge in [-0.25, -0.2) is 0 Å². The molecular weight excluding hydrogens is 180 g/mol. The Balaban J connectivity index is 2.42. The predicted molar refractivity (Wildman–Crippen MR) is 61.4 cm³/mol. The van der Waals surface area contributed by atoms with Crippen LogP contribution in [0.2, 0.25) is 0 Å². The molecule has 0 saturated heterocycles. The van der Waals surface area contributed by atoms with Gasteiger partial charge in [0.05, 0.1) is 5.04 Å². The highest BCUT2D eigenvalue weighted by Crippen LogP contribution is 2.28. The van der Waals surface area contributed by atoms with Crippen molar-refractivity contribution in [2.24, 2.45) is 16.6 Å². The minimum absolute atomic E-state index is 0.445. The van der Waals surface area contributed by atoms with Crippen LogP contribution in [-0.2, 0) is 0 Å². The lowest BCUT2D eigenvalue weighted by Crippen LogP contribution is -2.29. The van der Waals surface area contributed by atoms with Crippen LogP contribution in [0.15, 0.2) is 4.99 Å². The topological polar surface area (TPSA) is 38.4 Å². The molecule has 1 saturated carbocycles. The van der Waals surface area contributed by atoms with Crippen molar-refractivity contribution in [1.29, 1.82) is 0 Å². The zero-order chi connectivity index (χ0) is 9.68. The monoisotopic (exact) mass is 200 g/mol. The maximum absolute atomic E-state index is 5.87. The first-order chi connectivity index (χ1) is 6.27. The third kappa shape index (κ3) is 3.31. The Morgan fingerprint density at radius 2 is 2.00 bits per heavy atom. The van der Waals surface area contributed by atoms with Crippen LogP contribution in [0.4, 0.5) is 0 Å². The van der Waals surface area contributed by atoms with Crippen LogP contribution < -0.4 is 5.73 Å². The van der Waals surface area contributed by atoms with Gasteiger partial charge in [-0.15, -0.1) is 11.8 Å². The van der Waals surface area contributed by atoms with Crippen molar-refractivity contribution < 1.29 is 0 Å². The highest BCUT2D eigenvalue weighted by molar-refractivity contribution is 8.13. The smallest absolute Gasteiger partial charge is 0.0703 e. The molecule has 13 heavy (non-hydrogen) atoms. The van der Waals surface area contributed by atoms with E-state index in [2.05, 4.69) is 11.9 Å². The Hall–Kier alpha value is -0.0200. The van der Waals surface area contributed by atoms with Crippen LogP contribution in [-0.4, -0.2) is 23.9 Å². The third-order valence-electron chi connectivity index (χ3n) is 2.63. The van der Waals surface area contributed by atoms with E-state index in [-0.39, 0.29) is 0 Å². The second-order valence-corrected chi connectivity index (χ2v) is 4.89. The number of rotatable bonds is 2. The molecule has 1 rings (SSSR count). The van der Waals surface area contributed by atoms with Gasteiger partial charge in [-0.05, 0) is 31.4 Å². The molecule has 0 bridgehead atoms. The molecule has 0 aromatic heterocycles. The Labute approximate surface area is 85.4 Å². The van der Waals surface area contributed by atoms with Gasteiger partial charge >= 0.3 is 0 Å². The van der Waals surface area contributed by atoms with Gasteiger partial charge in [0.25, 0.3) is 0 Å². The molecule has 76 valence electrons. The maximum Gasteiger partial charge on any atom is 0.0703 e. The van der Waals surface area contributed by atoms with Crippen LogP contribution in [0.5, 0.6) is 0 Å². The summed E-state index contributed by atoms with van der Waals surface area (Å²) in [7, 11) is 1.91. The molecule has 0 aromatic carbocycles. The fraction of sp³-hybridized carbons (Fsp3) is 0.900. The van der Waals surface area contributed by atoms with E-state index in [1.54, 1.807) is 0 Å². The van der Waals surface area contributed by atoms with Crippen molar-refractivity contribution in [3.63, 3.8) is 0 Å². The second-order valence-electron chi connectivity index (χ2n) is 3.61. The van der Waals surface area contributed by atoms with Gasteiger partial charge in [-0.2, -0.15) is 0 Å². The molecule has 0 heterocycles. The van der Waals surface area contributed by atoms with E-state index < -0.39 is 0 Å². The molecule has 1 aliphatic rings. The van der Waals surface area contributed by atoms with E-state index in [0.717, 1.165) is 5.75 Å². The number of nitrogens with two attached hydrogens (primary N) is 1. The summed E-state index contributed by atoms with van der Waals surface area (Å²) >= 11 is 1.89. The molecule has 0 aliphatic heterocycles. The zero-order valence-electron chi connectivity index (χ0n) is 8.62. The van der Waals surface area contributed by atoms with E-state index in [4.69, 9.17) is 5.73 Å². The van der Waals surface area contributed by atoms with Gasteiger partial charge < -0.3 is 5.73 Å². The van der Waals surface area contributed by atoms with Gasteiger partial charge in [0, 0.05) is 19.0 Å². The minimum Gasteiger partial charge on any atom is -0.328 e. The molecule has 2 N–H and O–H groups in total. The summed E-state index contributed by atoms with van der Waals surface area (Å²) in [5.74, 6) is 1.84. The molecule has 2 nitrogen and oxygen atoms in total. The van der Waals surface area contributed by atoms with Gasteiger partial charge in [-0.3, -0.25) is 4.99 Å². The fourth-order valence-electron chi connectivity index (χ4n) is 1.88. The van der Waals surface area contributed by atoms with E-state index in [9.17, 15) is 0 Å². The fourth-order valence-corrected chi connectivity index (χ4v) is 2.78. The number of nitrogens with zero attached hydrogens (tertiary/aromatic N) is 1. The van der Waals surface area contributed by atoms with Gasteiger partial charge in [0.15, 0.2) is 0 Å². The Kier molecular flexibility index (Phi) is 4.81. The second kappa shape index (κ2) is 5.66. The summed E-state index contributed by atoms with van der Waals surface area (Å²) in [6, 6.07) is 0.445. The number of aliphatic imine (C=N–C) groups is 1. The molecule has 0 unspecified atom stereocenters. The summed E-state index contributed by atoms with van der Waals surface area (Å²) < 4.78 is 0. The standard InChI is InChI=1S/C10H20N2S/c1-3-13-10(12-2)8-4-6-9(11)7-5-8/h8-9H,3-7,11H2,1-2H3/b12-10-. The summed E-state index contributed by atoms with van der Waals surface area (Å²) in [6.07, 6.45) is 4.82. The van der Waals surface area contributed by atoms with E-state index >= 15 is 0 Å². The molecule has 1 fully saturated rings. The highest BCUT2D eigenvalue weighted by atomic mass is 32.2. The molecule has 3 heteroatoms. The molecule has 0 atom stereocenters. The largest absolute Gasteiger partial charge is 0.328 e. The lowest BCUT2D eigenvalue weighted by molar-refractivity contribution is 0.394. The first-order valence-corrected chi connectivity index (χ1v) is 6.11. The van der Waals surface area contributed by atoms with E-state index in [0.29, 0.717) is 12.0 Å². The van der Waals surface area contributed by atoms with Crippen LogP contribution in [0.25, 0.3) is 0 Å². The lowest BCUT2D eigenvalue weighted by Gasteiger charge is -2.26. The average Bonchev–Trinajstić information content (AvgIpc) is 2.16. The normalized spacial score (nSPS) is 30.5. The highest BCUT2D eigenvalue weighted by Gasteiger charge is 2.22. The summed E-state index contributed by atoms with van der Waals surface area (Å²) in [4.78, 5) is 4.37. The quantitative estimate of drug-likeness (QED) is 0.548. The maximum atomic E-state index is 5.87. The van der Waals surface area contributed by atoms with E-state index in [1.165, 1.54) is 30.7 Å². The van der Waals surface area contributed by atoms with Gasteiger partial charge in [0.1, 0.15) is 0 Å². The van der Waals surface area contributed by atoms with Crippen LogP contribution in [0.1, 0.15) is 32.6 Å². The first-order valence-electron chi connectivity index (χ1n) is 5.13. The molecule has 0 aromatic rings. The molecule has 1 aliphatic carbocycles. The van der Waals surface area contributed by atoms with Crippen molar-refractivity contribution in [1.82, 2.24) is 0 Å². The summed E-state index contributed by atoms with van der Waals surface area (Å²) in [5, 5.41) is 1.34.